The zero-order valence-corrected chi connectivity index (χ0v) is 8.01. The molecule has 0 aromatic rings. The molecule has 1 heterocycles. The fourth-order valence-electron chi connectivity index (χ4n) is 0.370. The van der Waals surface area contributed by atoms with E-state index in [1.54, 1.807) is 0 Å². The van der Waals surface area contributed by atoms with E-state index in [9.17, 15) is 0 Å². The predicted octanol–water partition coefficient (Wildman–Crippen LogP) is -0.0450. The van der Waals surface area contributed by atoms with Gasteiger partial charge >= 0.3 is 15.9 Å². The van der Waals surface area contributed by atoms with Crippen LogP contribution < -0.4 is 0 Å². The fraction of sp³-hybridized carbons (Fsp3) is 1.00. The molecule has 1 aliphatic rings. The van der Waals surface area contributed by atoms with Crippen LogP contribution in [0.3, 0.4) is 0 Å². The topological polar surface area (TPSA) is 18.5 Å². The summed E-state index contributed by atoms with van der Waals surface area (Å²) in [6, 6.07) is 0. The molecule has 0 saturated carbocycles. The van der Waals surface area contributed by atoms with Gasteiger partial charge in [0.15, 0.2) is 0 Å². The third-order valence-corrected chi connectivity index (χ3v) is 1.40. The Labute approximate surface area is 64.2 Å². The van der Waals surface area contributed by atoms with Crippen LogP contribution in [-0.4, -0.2) is 29.1 Å². The largest absolute Gasteiger partial charge is 0.668 e. The van der Waals surface area contributed by atoms with Crippen LogP contribution in [0.5, 0.6) is 0 Å². The van der Waals surface area contributed by atoms with Crippen molar-refractivity contribution in [1.29, 1.82) is 0 Å². The fourth-order valence-corrected chi connectivity index (χ4v) is 0.992. The molecular formula is C3H6AlO2W. The molecule has 7 heavy (non-hydrogen) atoms. The van der Waals surface area contributed by atoms with Crippen LogP contribution in [0.2, 0.25) is 0 Å². The van der Waals surface area contributed by atoms with Crippen molar-refractivity contribution in [3.63, 3.8) is 0 Å². The summed E-state index contributed by atoms with van der Waals surface area (Å²) in [5, 5.41) is 0. The molecule has 0 spiro atoms. The summed E-state index contributed by atoms with van der Waals surface area (Å²) < 4.78 is 9.86. The minimum absolute atomic E-state index is 0. The predicted molar refractivity (Wildman–Crippen MR) is 22.3 cm³/mol. The van der Waals surface area contributed by atoms with Gasteiger partial charge in [-0.15, -0.1) is 0 Å². The average molecular weight is 285 g/mol. The first-order valence-corrected chi connectivity index (χ1v) is 2.99. The van der Waals surface area contributed by atoms with E-state index in [1.165, 1.54) is 0 Å². The molecule has 0 aromatic carbocycles. The molecule has 0 aliphatic carbocycles. The zero-order valence-electron chi connectivity index (χ0n) is 3.92. The maximum atomic E-state index is 4.93. The van der Waals surface area contributed by atoms with Crippen molar-refractivity contribution in [3.05, 3.63) is 0 Å². The van der Waals surface area contributed by atoms with E-state index in [2.05, 4.69) is 0 Å². The summed E-state index contributed by atoms with van der Waals surface area (Å²) in [4.78, 5) is 0. The Morgan fingerprint density at radius 2 is 1.71 bits per heavy atom. The van der Waals surface area contributed by atoms with Crippen LogP contribution in [-0.2, 0) is 28.6 Å². The van der Waals surface area contributed by atoms with Gasteiger partial charge in [-0.3, -0.25) is 0 Å². The molecule has 0 atom stereocenters. The second-order valence-electron chi connectivity index (χ2n) is 1.19. The summed E-state index contributed by atoms with van der Waals surface area (Å²) in [6.07, 6.45) is 1.08. The molecule has 0 bridgehead atoms. The van der Waals surface area contributed by atoms with Crippen LogP contribution in [0.1, 0.15) is 6.42 Å². The first-order valence-electron chi connectivity index (χ1n) is 2.05. The van der Waals surface area contributed by atoms with Crippen molar-refractivity contribution in [3.8, 4) is 0 Å². The van der Waals surface area contributed by atoms with Gasteiger partial charge in [0.25, 0.3) is 0 Å². The molecule has 1 radical (unpaired) electrons. The van der Waals surface area contributed by atoms with Gasteiger partial charge in [0.2, 0.25) is 0 Å². The van der Waals surface area contributed by atoms with Gasteiger partial charge in [0.05, 0.1) is 0 Å². The van der Waals surface area contributed by atoms with Crippen molar-refractivity contribution >= 4 is 15.9 Å². The molecule has 1 saturated heterocycles. The average Bonchev–Trinajstić information content (AvgIpc) is 1.72. The number of hydrogen-bond acceptors (Lipinski definition) is 2. The monoisotopic (exact) mass is 285 g/mol. The Morgan fingerprint density at radius 1 is 1.14 bits per heavy atom. The summed E-state index contributed by atoms with van der Waals surface area (Å²) in [5.74, 6) is 0. The van der Waals surface area contributed by atoms with Gasteiger partial charge in [0, 0.05) is 34.3 Å². The Balaban J connectivity index is 0.000000360. The van der Waals surface area contributed by atoms with Gasteiger partial charge in [-0.25, -0.2) is 0 Å². The van der Waals surface area contributed by atoms with Crippen molar-refractivity contribution in [2.75, 3.05) is 13.2 Å². The number of rotatable bonds is 0. The Morgan fingerprint density at radius 3 is 1.86 bits per heavy atom. The quantitative estimate of drug-likeness (QED) is 0.581. The van der Waals surface area contributed by atoms with E-state index in [0.717, 1.165) is 19.6 Å². The van der Waals surface area contributed by atoms with Crippen LogP contribution in [0.25, 0.3) is 0 Å². The third kappa shape index (κ3) is 3.70. The van der Waals surface area contributed by atoms with Crippen molar-refractivity contribution in [2.24, 2.45) is 0 Å². The Kier molecular flexibility index (Phi) is 6.14. The smallest absolute Gasteiger partial charge is 0.484 e. The molecule has 4 heteroatoms. The SMILES string of the molecule is C1C[O][Al][O]C1.[W]. The summed E-state index contributed by atoms with van der Waals surface area (Å²) in [5.41, 5.74) is 0. The molecule has 1 rings (SSSR count). The van der Waals surface area contributed by atoms with E-state index in [-0.39, 0.29) is 37.0 Å². The minimum atomic E-state index is -0.0949. The molecule has 0 aromatic heterocycles. The maximum absolute atomic E-state index is 4.93. The van der Waals surface area contributed by atoms with Gasteiger partial charge in [-0.1, -0.05) is 0 Å². The summed E-state index contributed by atoms with van der Waals surface area (Å²) in [6.45, 7) is 1.82. The second kappa shape index (κ2) is 5.28. The van der Waals surface area contributed by atoms with E-state index in [4.69, 9.17) is 7.58 Å². The molecule has 1 aliphatic heterocycles. The third-order valence-electron chi connectivity index (χ3n) is 0.660. The van der Waals surface area contributed by atoms with Crippen molar-refractivity contribution in [2.45, 2.75) is 6.42 Å². The summed E-state index contributed by atoms with van der Waals surface area (Å²) >= 11 is -0.0949. The molecule has 0 N–H and O–H groups in total. The zero-order chi connectivity index (χ0) is 4.24. The first kappa shape index (κ1) is 8.14. The minimum Gasteiger partial charge on any atom is -0.484 e. The molecular weight excluding hydrogens is 279 g/mol. The van der Waals surface area contributed by atoms with Crippen LogP contribution in [0.4, 0.5) is 0 Å². The normalized spacial score (nSPS) is 19.4. The van der Waals surface area contributed by atoms with Gasteiger partial charge in [0.1, 0.15) is 0 Å². The first-order chi connectivity index (χ1) is 3.00. The Hall–Kier alpha value is 1.14. The van der Waals surface area contributed by atoms with Crippen molar-refractivity contribution < 1.29 is 28.6 Å². The van der Waals surface area contributed by atoms with Gasteiger partial charge in [-0.2, -0.15) is 0 Å². The molecule has 39 valence electrons. The molecule has 0 unspecified atom stereocenters. The van der Waals surface area contributed by atoms with E-state index in [1.807, 2.05) is 0 Å². The Bertz CT molecular complexity index is 28.4. The van der Waals surface area contributed by atoms with E-state index in [0.29, 0.717) is 0 Å². The number of hydrogen-bond donors (Lipinski definition) is 0. The van der Waals surface area contributed by atoms with Gasteiger partial charge < -0.3 is 7.58 Å². The molecule has 0 amide bonds. The van der Waals surface area contributed by atoms with Crippen molar-refractivity contribution in [1.82, 2.24) is 0 Å². The standard InChI is InChI=1S/C3H6O2.Al.W/c4-2-1-3-5;;/h1-3H2;;/q-2;+2;. The van der Waals surface area contributed by atoms with Crippen LogP contribution in [0, 0.1) is 0 Å². The van der Waals surface area contributed by atoms with Gasteiger partial charge in [-0.05, 0) is 6.42 Å². The molecule has 1 fully saturated rings. The van der Waals surface area contributed by atoms with E-state index < -0.39 is 0 Å². The second-order valence-corrected chi connectivity index (χ2v) is 2.05. The van der Waals surface area contributed by atoms with Crippen LogP contribution >= 0.6 is 0 Å². The van der Waals surface area contributed by atoms with E-state index >= 15 is 0 Å². The van der Waals surface area contributed by atoms with Crippen LogP contribution in [0.15, 0.2) is 0 Å². The molecule has 2 nitrogen and oxygen atoms in total. The summed E-state index contributed by atoms with van der Waals surface area (Å²) in [7, 11) is 0. The maximum Gasteiger partial charge on any atom is 0.668 e.